The highest BCUT2D eigenvalue weighted by Crippen LogP contribution is 2.39. The second-order valence-corrected chi connectivity index (χ2v) is 7.70. The van der Waals surface area contributed by atoms with Crippen molar-refractivity contribution in [1.82, 2.24) is 15.1 Å². The highest BCUT2D eigenvalue weighted by molar-refractivity contribution is 7.10. The third-order valence-electron chi connectivity index (χ3n) is 4.36. The van der Waals surface area contributed by atoms with E-state index < -0.39 is 0 Å². The van der Waals surface area contributed by atoms with Crippen LogP contribution in [0.4, 0.5) is 4.79 Å². The summed E-state index contributed by atoms with van der Waals surface area (Å²) in [6, 6.07) is 6.22. The van der Waals surface area contributed by atoms with E-state index in [2.05, 4.69) is 39.2 Å². The summed E-state index contributed by atoms with van der Waals surface area (Å²) in [5.74, 6) is -0.0882. The van der Waals surface area contributed by atoms with E-state index in [0.717, 1.165) is 13.0 Å². The Labute approximate surface area is 142 Å². The van der Waals surface area contributed by atoms with Crippen LogP contribution in [0.25, 0.3) is 0 Å². The molecule has 0 aliphatic carbocycles. The van der Waals surface area contributed by atoms with Crippen LogP contribution < -0.4 is 5.32 Å². The molecule has 0 spiro atoms. The first kappa shape index (κ1) is 14.9. The number of fused-ring (bicyclic) bond motifs is 1. The number of urea groups is 1. The number of hydrogen-bond donors (Lipinski definition) is 1. The van der Waals surface area contributed by atoms with Crippen molar-refractivity contribution in [3.05, 3.63) is 44.3 Å². The van der Waals surface area contributed by atoms with Gasteiger partial charge in [-0.3, -0.25) is 14.6 Å². The van der Waals surface area contributed by atoms with Gasteiger partial charge in [0.1, 0.15) is 0 Å². The Morgan fingerprint density at radius 2 is 2.09 bits per heavy atom. The number of nitrogens with one attached hydrogen (secondary N) is 1. The zero-order chi connectivity index (χ0) is 15.8. The number of carbonyl (C=O) groups excluding carboxylic acids is 2. The molecule has 0 saturated carbocycles. The van der Waals surface area contributed by atoms with E-state index >= 15 is 0 Å². The number of thiophene rings is 2. The average Bonchev–Trinajstić information content (AvgIpc) is 3.21. The number of amides is 3. The number of hydrogen-bond acceptors (Lipinski definition) is 5. The fourth-order valence-electron chi connectivity index (χ4n) is 3.25. The summed E-state index contributed by atoms with van der Waals surface area (Å²) < 4.78 is 0. The van der Waals surface area contributed by atoms with E-state index in [1.54, 1.807) is 22.7 Å². The molecule has 1 atom stereocenters. The van der Waals surface area contributed by atoms with Crippen molar-refractivity contribution in [2.24, 2.45) is 0 Å². The lowest BCUT2D eigenvalue weighted by Crippen LogP contribution is -2.55. The van der Waals surface area contributed by atoms with Gasteiger partial charge >= 0.3 is 6.03 Å². The van der Waals surface area contributed by atoms with Crippen molar-refractivity contribution in [3.63, 3.8) is 0 Å². The molecule has 0 aromatic carbocycles. The molecular weight excluding hydrogens is 330 g/mol. The fourth-order valence-corrected chi connectivity index (χ4v) is 5.03. The summed E-state index contributed by atoms with van der Waals surface area (Å²) in [6.07, 6.45) is 1.35. The van der Waals surface area contributed by atoms with Gasteiger partial charge in [-0.2, -0.15) is 0 Å². The first-order chi connectivity index (χ1) is 11.2. The Morgan fingerprint density at radius 3 is 2.87 bits per heavy atom. The molecule has 2 aromatic rings. The summed E-state index contributed by atoms with van der Waals surface area (Å²) in [5.41, 5.74) is 1.31. The van der Waals surface area contributed by atoms with Crippen LogP contribution in [-0.2, 0) is 11.2 Å². The van der Waals surface area contributed by atoms with Crippen LogP contribution in [0.1, 0.15) is 27.8 Å². The monoisotopic (exact) mass is 347 g/mol. The molecule has 1 N–H and O–H groups in total. The number of rotatable bonds is 3. The van der Waals surface area contributed by atoms with Gasteiger partial charge in [-0.15, -0.1) is 22.7 Å². The molecular formula is C16H17N3O2S2. The SMILES string of the molecule is O=C1CCNC(=O)N1CN1CCc2sccc2[C@H]1c1cccs1. The van der Waals surface area contributed by atoms with Crippen LogP contribution >= 0.6 is 22.7 Å². The lowest BCUT2D eigenvalue weighted by Gasteiger charge is -2.39. The molecule has 23 heavy (non-hydrogen) atoms. The van der Waals surface area contributed by atoms with Gasteiger partial charge in [-0.1, -0.05) is 6.07 Å². The second-order valence-electron chi connectivity index (χ2n) is 5.72. The molecule has 120 valence electrons. The second kappa shape index (κ2) is 6.07. The van der Waals surface area contributed by atoms with E-state index in [1.807, 2.05) is 0 Å². The molecule has 3 amide bonds. The lowest BCUT2D eigenvalue weighted by molar-refractivity contribution is -0.131. The summed E-state index contributed by atoms with van der Waals surface area (Å²) in [7, 11) is 0. The molecule has 2 aliphatic rings. The van der Waals surface area contributed by atoms with E-state index in [-0.39, 0.29) is 18.0 Å². The Hall–Kier alpha value is -1.70. The number of imide groups is 1. The molecule has 5 nitrogen and oxygen atoms in total. The van der Waals surface area contributed by atoms with Gasteiger partial charge < -0.3 is 5.32 Å². The summed E-state index contributed by atoms with van der Waals surface area (Å²) >= 11 is 3.52. The average molecular weight is 347 g/mol. The van der Waals surface area contributed by atoms with Gasteiger partial charge in [0.05, 0.1) is 12.7 Å². The molecule has 2 aromatic heterocycles. The van der Waals surface area contributed by atoms with Gasteiger partial charge in [-0.25, -0.2) is 4.79 Å². The van der Waals surface area contributed by atoms with Gasteiger partial charge in [0, 0.05) is 29.3 Å². The summed E-state index contributed by atoms with van der Waals surface area (Å²) in [4.78, 5) is 30.4. The molecule has 1 fully saturated rings. The van der Waals surface area contributed by atoms with Crippen LogP contribution in [0.5, 0.6) is 0 Å². The molecule has 0 unspecified atom stereocenters. The minimum absolute atomic E-state index is 0.0882. The normalized spacial score (nSPS) is 22.1. The summed E-state index contributed by atoms with van der Waals surface area (Å²) in [5, 5.41) is 6.97. The molecule has 0 bridgehead atoms. The van der Waals surface area contributed by atoms with E-state index in [1.165, 1.54) is 20.2 Å². The van der Waals surface area contributed by atoms with Gasteiger partial charge in [0.15, 0.2) is 0 Å². The van der Waals surface area contributed by atoms with E-state index in [9.17, 15) is 9.59 Å². The Balaban J connectivity index is 1.64. The molecule has 4 rings (SSSR count). The fraction of sp³-hybridized carbons (Fsp3) is 0.375. The maximum atomic E-state index is 12.1. The predicted octanol–water partition coefficient (Wildman–Crippen LogP) is 2.66. The largest absolute Gasteiger partial charge is 0.337 e. The van der Waals surface area contributed by atoms with Crippen molar-refractivity contribution in [3.8, 4) is 0 Å². The Bertz CT molecular complexity index is 710. The zero-order valence-electron chi connectivity index (χ0n) is 12.5. The van der Waals surface area contributed by atoms with Crippen molar-refractivity contribution in [2.75, 3.05) is 19.8 Å². The molecule has 7 heteroatoms. The Morgan fingerprint density at radius 1 is 1.17 bits per heavy atom. The maximum Gasteiger partial charge on any atom is 0.325 e. The molecule has 1 saturated heterocycles. The van der Waals surface area contributed by atoms with E-state index in [4.69, 9.17) is 0 Å². The van der Waals surface area contributed by atoms with Gasteiger partial charge in [-0.05, 0) is 34.9 Å². The van der Waals surface area contributed by atoms with Gasteiger partial charge in [0.25, 0.3) is 0 Å². The smallest absolute Gasteiger partial charge is 0.325 e. The minimum Gasteiger partial charge on any atom is -0.337 e. The third kappa shape index (κ3) is 2.69. The predicted molar refractivity (Wildman–Crippen MR) is 90.6 cm³/mol. The van der Waals surface area contributed by atoms with Crippen LogP contribution in [0.15, 0.2) is 29.0 Å². The first-order valence-corrected chi connectivity index (χ1v) is 9.42. The van der Waals surface area contributed by atoms with Crippen LogP contribution in [-0.4, -0.2) is 41.5 Å². The van der Waals surface area contributed by atoms with Gasteiger partial charge in [0.2, 0.25) is 5.91 Å². The number of nitrogens with zero attached hydrogens (tertiary/aromatic N) is 2. The van der Waals surface area contributed by atoms with Crippen molar-refractivity contribution >= 4 is 34.6 Å². The highest BCUT2D eigenvalue weighted by atomic mass is 32.1. The standard InChI is InChI=1S/C16H17N3O2S2/c20-14-3-6-17-16(21)19(14)10-18-7-4-12-11(5-9-23-12)15(18)13-2-1-8-22-13/h1-2,5,8-9,15H,3-4,6-7,10H2,(H,17,21)/t15-/m0/s1. The van der Waals surface area contributed by atoms with Crippen LogP contribution in [0.3, 0.4) is 0 Å². The van der Waals surface area contributed by atoms with Crippen LogP contribution in [0.2, 0.25) is 0 Å². The van der Waals surface area contributed by atoms with Crippen molar-refractivity contribution in [1.29, 1.82) is 0 Å². The quantitative estimate of drug-likeness (QED) is 0.929. The topological polar surface area (TPSA) is 52.7 Å². The summed E-state index contributed by atoms with van der Waals surface area (Å²) in [6.45, 7) is 1.65. The first-order valence-electron chi connectivity index (χ1n) is 7.66. The van der Waals surface area contributed by atoms with E-state index in [0.29, 0.717) is 19.6 Å². The van der Waals surface area contributed by atoms with Crippen molar-refractivity contribution in [2.45, 2.75) is 18.9 Å². The van der Waals surface area contributed by atoms with Crippen LogP contribution in [0, 0.1) is 0 Å². The Kier molecular flexibility index (Phi) is 3.92. The molecule has 4 heterocycles. The maximum absolute atomic E-state index is 12.1. The molecule has 2 aliphatic heterocycles. The van der Waals surface area contributed by atoms with Crippen molar-refractivity contribution < 1.29 is 9.59 Å². The molecule has 0 radical (unpaired) electrons. The number of carbonyl (C=O) groups is 2. The third-order valence-corrected chi connectivity index (χ3v) is 6.28. The zero-order valence-corrected chi connectivity index (χ0v) is 14.2. The highest BCUT2D eigenvalue weighted by Gasteiger charge is 2.34. The minimum atomic E-state index is -0.276. The lowest BCUT2D eigenvalue weighted by atomic mass is 9.99.